The Labute approximate surface area is 124 Å². The van der Waals surface area contributed by atoms with Crippen molar-refractivity contribution in [2.45, 2.75) is 19.8 Å². The molecule has 1 aliphatic heterocycles. The smallest absolute Gasteiger partial charge is 0.269 e. The van der Waals surface area contributed by atoms with Gasteiger partial charge in [-0.05, 0) is 50.9 Å². The van der Waals surface area contributed by atoms with Crippen LogP contribution in [0.15, 0.2) is 18.2 Å². The molecule has 114 valence electrons. The molecule has 1 N–H and O–H groups in total. The molecular weight excluding hydrogens is 270 g/mol. The molecule has 0 saturated carbocycles. The Morgan fingerprint density at radius 3 is 2.62 bits per heavy atom. The zero-order chi connectivity index (χ0) is 15.4. The van der Waals surface area contributed by atoms with Gasteiger partial charge in [0.15, 0.2) is 0 Å². The minimum Gasteiger partial charge on any atom is -0.339 e. The van der Waals surface area contributed by atoms with E-state index in [1.807, 2.05) is 11.9 Å². The van der Waals surface area contributed by atoms with E-state index >= 15 is 0 Å². The molecule has 0 unspecified atom stereocenters. The Balaban J connectivity index is 2.06. The number of hydrogen-bond acceptors (Lipinski definition) is 4. The van der Waals surface area contributed by atoms with Crippen molar-refractivity contribution in [2.75, 3.05) is 26.7 Å². The Morgan fingerprint density at radius 2 is 2.10 bits per heavy atom. The molecule has 0 atom stereocenters. The zero-order valence-electron chi connectivity index (χ0n) is 12.5. The molecule has 0 spiro atoms. The average molecular weight is 291 g/mol. The summed E-state index contributed by atoms with van der Waals surface area (Å²) in [4.78, 5) is 24.7. The lowest BCUT2D eigenvalue weighted by molar-refractivity contribution is -0.384. The van der Waals surface area contributed by atoms with Crippen molar-refractivity contribution in [2.24, 2.45) is 5.92 Å². The van der Waals surface area contributed by atoms with Crippen molar-refractivity contribution in [3.8, 4) is 0 Å². The summed E-state index contributed by atoms with van der Waals surface area (Å²) in [5.74, 6) is 0.599. The second-order valence-corrected chi connectivity index (χ2v) is 5.55. The summed E-state index contributed by atoms with van der Waals surface area (Å²) in [6, 6.07) is 4.42. The number of aryl methyl sites for hydroxylation is 1. The van der Waals surface area contributed by atoms with Gasteiger partial charge in [-0.25, -0.2) is 0 Å². The normalized spacial score (nSPS) is 16.0. The molecule has 1 heterocycles. The largest absolute Gasteiger partial charge is 0.339 e. The lowest BCUT2D eigenvalue weighted by atomic mass is 9.96. The number of nitrogens with zero attached hydrogens (tertiary/aromatic N) is 2. The summed E-state index contributed by atoms with van der Waals surface area (Å²) in [5, 5.41) is 13.9. The van der Waals surface area contributed by atoms with Gasteiger partial charge < -0.3 is 10.2 Å². The summed E-state index contributed by atoms with van der Waals surface area (Å²) in [7, 11) is 1.94. The Hall–Kier alpha value is -1.95. The molecule has 6 nitrogen and oxygen atoms in total. The predicted octanol–water partition coefficient (Wildman–Crippen LogP) is 1.97. The van der Waals surface area contributed by atoms with E-state index in [9.17, 15) is 14.9 Å². The third-order valence-electron chi connectivity index (χ3n) is 4.05. The van der Waals surface area contributed by atoms with Gasteiger partial charge in [-0.2, -0.15) is 0 Å². The third-order valence-corrected chi connectivity index (χ3v) is 4.05. The fraction of sp³-hybridized carbons (Fsp3) is 0.533. The summed E-state index contributed by atoms with van der Waals surface area (Å²) in [6.45, 7) is 4.23. The third kappa shape index (κ3) is 3.58. The van der Waals surface area contributed by atoms with Crippen LogP contribution in [0.2, 0.25) is 0 Å². The zero-order valence-corrected chi connectivity index (χ0v) is 12.5. The lowest BCUT2D eigenvalue weighted by Gasteiger charge is -2.32. The highest BCUT2D eigenvalue weighted by Crippen LogP contribution is 2.22. The van der Waals surface area contributed by atoms with Crippen molar-refractivity contribution in [1.29, 1.82) is 0 Å². The van der Waals surface area contributed by atoms with Crippen LogP contribution in [0.4, 0.5) is 5.69 Å². The van der Waals surface area contributed by atoms with E-state index in [1.54, 1.807) is 13.0 Å². The molecule has 1 aliphatic rings. The second-order valence-electron chi connectivity index (χ2n) is 5.55. The first kappa shape index (κ1) is 15.4. The Bertz CT molecular complexity index is 537. The number of likely N-dealkylation sites (tertiary alicyclic amines) is 1. The monoisotopic (exact) mass is 291 g/mol. The van der Waals surface area contributed by atoms with E-state index in [0.29, 0.717) is 17.0 Å². The first-order valence-electron chi connectivity index (χ1n) is 7.22. The van der Waals surface area contributed by atoms with Crippen LogP contribution in [-0.4, -0.2) is 42.4 Å². The van der Waals surface area contributed by atoms with Gasteiger partial charge in [0.1, 0.15) is 0 Å². The van der Waals surface area contributed by atoms with Crippen molar-refractivity contribution >= 4 is 11.6 Å². The van der Waals surface area contributed by atoms with Gasteiger partial charge in [-0.1, -0.05) is 0 Å². The molecule has 1 fully saturated rings. The summed E-state index contributed by atoms with van der Waals surface area (Å²) >= 11 is 0. The summed E-state index contributed by atoms with van der Waals surface area (Å²) in [6.07, 6.45) is 2.00. The number of rotatable bonds is 4. The second kappa shape index (κ2) is 6.67. The van der Waals surface area contributed by atoms with Crippen molar-refractivity contribution < 1.29 is 9.72 Å². The standard InChI is InChI=1S/C15H21N3O3/c1-11-9-13(18(20)21)3-4-14(11)15(19)17-7-5-12(6-8-17)10-16-2/h3-4,9,12,16H,5-8,10H2,1-2H3. The number of benzene rings is 1. The highest BCUT2D eigenvalue weighted by molar-refractivity contribution is 5.96. The molecule has 1 amide bonds. The topological polar surface area (TPSA) is 75.5 Å². The number of hydrogen-bond donors (Lipinski definition) is 1. The Kier molecular flexibility index (Phi) is 4.90. The van der Waals surface area contributed by atoms with Gasteiger partial charge in [0, 0.05) is 30.8 Å². The summed E-state index contributed by atoms with van der Waals surface area (Å²) in [5.41, 5.74) is 1.25. The molecule has 1 aromatic carbocycles. The van der Waals surface area contributed by atoms with Crippen LogP contribution in [0.5, 0.6) is 0 Å². The number of carbonyl (C=O) groups excluding carboxylic acids is 1. The van der Waals surface area contributed by atoms with Crippen LogP contribution >= 0.6 is 0 Å². The van der Waals surface area contributed by atoms with Crippen LogP contribution < -0.4 is 5.32 Å². The minimum absolute atomic E-state index is 0.0229. The molecule has 21 heavy (non-hydrogen) atoms. The number of piperidine rings is 1. The Morgan fingerprint density at radius 1 is 1.43 bits per heavy atom. The summed E-state index contributed by atoms with van der Waals surface area (Å²) < 4.78 is 0. The van der Waals surface area contributed by atoms with Gasteiger partial charge in [0.25, 0.3) is 11.6 Å². The fourth-order valence-electron chi connectivity index (χ4n) is 2.80. The van der Waals surface area contributed by atoms with Crippen LogP contribution in [-0.2, 0) is 0 Å². The van der Waals surface area contributed by atoms with Gasteiger partial charge in [0.05, 0.1) is 4.92 Å². The number of amides is 1. The van der Waals surface area contributed by atoms with E-state index in [1.165, 1.54) is 12.1 Å². The molecule has 0 radical (unpaired) electrons. The first-order chi connectivity index (χ1) is 10.0. The van der Waals surface area contributed by atoms with E-state index in [0.717, 1.165) is 32.5 Å². The van der Waals surface area contributed by atoms with Crippen molar-refractivity contribution in [3.05, 3.63) is 39.4 Å². The molecule has 1 aromatic rings. The highest BCUT2D eigenvalue weighted by Gasteiger charge is 2.24. The average Bonchev–Trinajstić information content (AvgIpc) is 2.47. The van der Waals surface area contributed by atoms with E-state index in [-0.39, 0.29) is 11.6 Å². The van der Waals surface area contributed by atoms with Gasteiger partial charge in [0.2, 0.25) is 0 Å². The van der Waals surface area contributed by atoms with Gasteiger partial charge >= 0.3 is 0 Å². The first-order valence-corrected chi connectivity index (χ1v) is 7.22. The van der Waals surface area contributed by atoms with Crippen molar-refractivity contribution in [3.63, 3.8) is 0 Å². The van der Waals surface area contributed by atoms with Gasteiger partial charge in [-0.15, -0.1) is 0 Å². The van der Waals surface area contributed by atoms with Crippen molar-refractivity contribution in [1.82, 2.24) is 10.2 Å². The van der Waals surface area contributed by atoms with Crippen LogP contribution in [0.3, 0.4) is 0 Å². The quantitative estimate of drug-likeness (QED) is 0.680. The highest BCUT2D eigenvalue weighted by atomic mass is 16.6. The molecule has 0 bridgehead atoms. The van der Waals surface area contributed by atoms with Crippen LogP contribution in [0, 0.1) is 23.0 Å². The van der Waals surface area contributed by atoms with Gasteiger partial charge in [-0.3, -0.25) is 14.9 Å². The predicted molar refractivity (Wildman–Crippen MR) is 80.4 cm³/mol. The fourth-order valence-corrected chi connectivity index (χ4v) is 2.80. The number of nitro benzene ring substituents is 1. The maximum atomic E-state index is 12.5. The van der Waals surface area contributed by atoms with E-state index in [4.69, 9.17) is 0 Å². The van der Waals surface area contributed by atoms with E-state index < -0.39 is 4.92 Å². The maximum absolute atomic E-state index is 12.5. The molecule has 0 aliphatic carbocycles. The molecule has 2 rings (SSSR count). The molecule has 6 heteroatoms. The molecular formula is C15H21N3O3. The number of nitro groups is 1. The van der Waals surface area contributed by atoms with Crippen LogP contribution in [0.25, 0.3) is 0 Å². The number of non-ortho nitro benzene ring substituents is 1. The van der Waals surface area contributed by atoms with Crippen LogP contribution in [0.1, 0.15) is 28.8 Å². The number of nitrogens with one attached hydrogen (secondary N) is 1. The number of carbonyl (C=O) groups is 1. The lowest BCUT2D eigenvalue weighted by Crippen LogP contribution is -2.40. The molecule has 0 aromatic heterocycles. The SMILES string of the molecule is CNCC1CCN(C(=O)c2ccc([N+](=O)[O-])cc2C)CC1. The maximum Gasteiger partial charge on any atom is 0.269 e. The minimum atomic E-state index is -0.440. The van der Waals surface area contributed by atoms with E-state index in [2.05, 4.69) is 5.32 Å². The molecule has 1 saturated heterocycles.